The number of carboxylic acids is 1. The van der Waals surface area contributed by atoms with E-state index in [4.69, 9.17) is 16.7 Å². The van der Waals surface area contributed by atoms with Gasteiger partial charge in [0, 0.05) is 13.1 Å². The summed E-state index contributed by atoms with van der Waals surface area (Å²) < 4.78 is 0. The molecule has 1 heterocycles. The van der Waals surface area contributed by atoms with Gasteiger partial charge in [-0.05, 0) is 30.9 Å². The second kappa shape index (κ2) is 6.13. The van der Waals surface area contributed by atoms with Crippen molar-refractivity contribution in [3.8, 4) is 0 Å². The predicted molar refractivity (Wildman–Crippen MR) is 77.4 cm³/mol. The van der Waals surface area contributed by atoms with Crippen molar-refractivity contribution in [1.82, 2.24) is 4.90 Å². The van der Waals surface area contributed by atoms with Crippen molar-refractivity contribution in [2.24, 2.45) is 5.92 Å². The number of anilines is 1. The molecule has 5 nitrogen and oxygen atoms in total. The summed E-state index contributed by atoms with van der Waals surface area (Å²) in [5.41, 5.74) is 0.154. The smallest absolute Gasteiger partial charge is 0.339 e. The number of benzene rings is 1. The van der Waals surface area contributed by atoms with Crippen molar-refractivity contribution in [2.75, 3.05) is 18.4 Å². The maximum atomic E-state index is 12.1. The molecule has 0 bridgehead atoms. The van der Waals surface area contributed by atoms with Crippen molar-refractivity contribution < 1.29 is 14.7 Å². The van der Waals surface area contributed by atoms with Crippen LogP contribution in [-0.2, 0) is 0 Å². The Labute approximate surface area is 122 Å². The highest BCUT2D eigenvalue weighted by Gasteiger charge is 2.22. The lowest BCUT2D eigenvalue weighted by Gasteiger charge is -2.30. The molecular formula is C14H17ClN2O3. The van der Waals surface area contributed by atoms with Crippen molar-refractivity contribution in [1.29, 1.82) is 0 Å². The minimum Gasteiger partial charge on any atom is -0.478 e. The molecule has 6 heteroatoms. The minimum atomic E-state index is -1.15. The van der Waals surface area contributed by atoms with Gasteiger partial charge < -0.3 is 15.3 Å². The van der Waals surface area contributed by atoms with E-state index in [0.717, 1.165) is 12.8 Å². The van der Waals surface area contributed by atoms with Gasteiger partial charge in [0.1, 0.15) is 5.56 Å². The number of carboxylic acid groups (broad SMARTS) is 1. The summed E-state index contributed by atoms with van der Waals surface area (Å²) in [5, 5.41) is 11.9. The summed E-state index contributed by atoms with van der Waals surface area (Å²) in [6, 6.07) is 4.37. The Morgan fingerprint density at radius 3 is 2.60 bits per heavy atom. The first kappa shape index (κ1) is 14.7. The summed E-state index contributed by atoms with van der Waals surface area (Å²) in [6.07, 6.45) is 1.93. The molecule has 0 aromatic heterocycles. The third kappa shape index (κ3) is 3.22. The van der Waals surface area contributed by atoms with E-state index in [2.05, 4.69) is 12.2 Å². The first-order chi connectivity index (χ1) is 9.49. The Bertz CT molecular complexity index is 525. The van der Waals surface area contributed by atoms with E-state index in [1.807, 2.05) is 0 Å². The number of hydrogen-bond donors (Lipinski definition) is 2. The van der Waals surface area contributed by atoms with Gasteiger partial charge in [-0.3, -0.25) is 0 Å². The highest BCUT2D eigenvalue weighted by atomic mass is 35.5. The molecule has 0 aliphatic carbocycles. The van der Waals surface area contributed by atoms with Crippen molar-refractivity contribution in [3.63, 3.8) is 0 Å². The zero-order chi connectivity index (χ0) is 14.7. The van der Waals surface area contributed by atoms with Crippen LogP contribution in [0, 0.1) is 5.92 Å². The molecule has 0 spiro atoms. The van der Waals surface area contributed by atoms with E-state index in [0.29, 0.717) is 19.0 Å². The first-order valence-electron chi connectivity index (χ1n) is 6.56. The van der Waals surface area contributed by atoms with Crippen LogP contribution in [0.15, 0.2) is 18.2 Å². The third-order valence-electron chi connectivity index (χ3n) is 3.54. The van der Waals surface area contributed by atoms with Gasteiger partial charge in [-0.15, -0.1) is 0 Å². The summed E-state index contributed by atoms with van der Waals surface area (Å²) in [6.45, 7) is 3.54. The van der Waals surface area contributed by atoms with Crippen LogP contribution in [-0.4, -0.2) is 35.1 Å². The molecule has 20 heavy (non-hydrogen) atoms. The Kier molecular flexibility index (Phi) is 4.49. The van der Waals surface area contributed by atoms with E-state index in [-0.39, 0.29) is 22.3 Å². The fourth-order valence-electron chi connectivity index (χ4n) is 2.25. The van der Waals surface area contributed by atoms with Crippen LogP contribution in [0.4, 0.5) is 10.5 Å². The zero-order valence-corrected chi connectivity index (χ0v) is 12.0. The minimum absolute atomic E-state index is 0.0760. The Hall–Kier alpha value is -1.75. The molecule has 0 saturated carbocycles. The number of likely N-dealkylation sites (tertiary alicyclic amines) is 1. The molecule has 0 radical (unpaired) electrons. The number of hydrogen-bond acceptors (Lipinski definition) is 2. The van der Waals surface area contributed by atoms with E-state index in [1.165, 1.54) is 6.07 Å². The van der Waals surface area contributed by atoms with Gasteiger partial charge in [0.15, 0.2) is 0 Å². The van der Waals surface area contributed by atoms with Gasteiger partial charge in [-0.2, -0.15) is 0 Å². The average Bonchev–Trinajstić information content (AvgIpc) is 2.39. The maximum absolute atomic E-state index is 12.1. The summed E-state index contributed by atoms with van der Waals surface area (Å²) in [4.78, 5) is 25.0. The molecule has 1 aliphatic rings. The maximum Gasteiger partial charge on any atom is 0.339 e. The highest BCUT2D eigenvalue weighted by molar-refractivity contribution is 6.34. The number of aromatic carboxylic acids is 1. The lowest BCUT2D eigenvalue weighted by molar-refractivity contribution is 0.0698. The van der Waals surface area contributed by atoms with Gasteiger partial charge in [-0.1, -0.05) is 24.6 Å². The molecule has 1 aromatic rings. The Balaban J connectivity index is 2.12. The second-order valence-corrected chi connectivity index (χ2v) is 5.47. The third-order valence-corrected chi connectivity index (χ3v) is 3.85. The Morgan fingerprint density at radius 2 is 2.00 bits per heavy atom. The van der Waals surface area contributed by atoms with Crippen LogP contribution >= 0.6 is 11.6 Å². The lowest BCUT2D eigenvalue weighted by Crippen LogP contribution is -2.40. The lowest BCUT2D eigenvalue weighted by atomic mass is 10.00. The van der Waals surface area contributed by atoms with Crippen LogP contribution in [0.25, 0.3) is 0 Å². The number of nitrogens with zero attached hydrogens (tertiary/aromatic N) is 1. The van der Waals surface area contributed by atoms with Crippen LogP contribution in [0.3, 0.4) is 0 Å². The molecule has 0 atom stereocenters. The van der Waals surface area contributed by atoms with Crippen LogP contribution in [0.5, 0.6) is 0 Å². The molecule has 1 aliphatic heterocycles. The second-order valence-electron chi connectivity index (χ2n) is 5.07. The fourth-order valence-corrected chi connectivity index (χ4v) is 2.51. The van der Waals surface area contributed by atoms with Gasteiger partial charge in [0.05, 0.1) is 10.7 Å². The van der Waals surface area contributed by atoms with Crippen molar-refractivity contribution in [3.05, 3.63) is 28.8 Å². The number of carbonyl (C=O) groups excluding carboxylic acids is 1. The van der Waals surface area contributed by atoms with Crippen LogP contribution in [0.2, 0.25) is 5.02 Å². The fraction of sp³-hybridized carbons (Fsp3) is 0.429. The number of piperidine rings is 1. The number of amides is 2. The molecule has 1 aromatic carbocycles. The van der Waals surface area contributed by atoms with Gasteiger partial charge in [0.25, 0.3) is 0 Å². The number of nitrogens with one attached hydrogen (secondary N) is 1. The standard InChI is InChI=1S/C14H17ClN2O3/c1-9-5-7-17(8-6-9)14(20)16-11-4-2-3-10(15)12(11)13(18)19/h2-4,9H,5-8H2,1H3,(H,16,20)(H,18,19). The topological polar surface area (TPSA) is 69.6 Å². The number of rotatable bonds is 2. The van der Waals surface area contributed by atoms with Crippen molar-refractivity contribution in [2.45, 2.75) is 19.8 Å². The molecule has 2 amide bonds. The van der Waals surface area contributed by atoms with E-state index in [1.54, 1.807) is 17.0 Å². The highest BCUT2D eigenvalue weighted by Crippen LogP contribution is 2.25. The molecule has 108 valence electrons. The predicted octanol–water partition coefficient (Wildman–Crippen LogP) is 3.30. The number of halogens is 1. The summed E-state index contributed by atoms with van der Waals surface area (Å²) in [7, 11) is 0. The molecular weight excluding hydrogens is 280 g/mol. The quantitative estimate of drug-likeness (QED) is 0.879. The zero-order valence-electron chi connectivity index (χ0n) is 11.2. The van der Waals surface area contributed by atoms with E-state index in [9.17, 15) is 9.59 Å². The number of urea groups is 1. The van der Waals surface area contributed by atoms with Gasteiger partial charge in [0.2, 0.25) is 0 Å². The average molecular weight is 297 g/mol. The van der Waals surface area contributed by atoms with E-state index < -0.39 is 5.97 Å². The van der Waals surface area contributed by atoms with Crippen molar-refractivity contribution >= 4 is 29.3 Å². The molecule has 1 saturated heterocycles. The molecule has 2 rings (SSSR count). The SMILES string of the molecule is CC1CCN(C(=O)Nc2cccc(Cl)c2C(=O)O)CC1. The van der Waals surface area contributed by atoms with Gasteiger partial charge in [-0.25, -0.2) is 9.59 Å². The molecule has 2 N–H and O–H groups in total. The van der Waals surface area contributed by atoms with Gasteiger partial charge >= 0.3 is 12.0 Å². The normalized spacial score (nSPS) is 16.0. The first-order valence-corrected chi connectivity index (χ1v) is 6.94. The molecule has 1 fully saturated rings. The Morgan fingerprint density at radius 1 is 1.35 bits per heavy atom. The van der Waals surface area contributed by atoms with Crippen LogP contribution in [0.1, 0.15) is 30.1 Å². The van der Waals surface area contributed by atoms with E-state index >= 15 is 0 Å². The summed E-state index contributed by atoms with van der Waals surface area (Å²) in [5.74, 6) is -0.530. The number of carbonyl (C=O) groups is 2. The largest absolute Gasteiger partial charge is 0.478 e. The monoisotopic (exact) mass is 296 g/mol. The summed E-state index contributed by atoms with van der Waals surface area (Å²) >= 11 is 5.87. The van der Waals surface area contributed by atoms with Crippen LogP contribution < -0.4 is 5.32 Å². The molecule has 0 unspecified atom stereocenters.